The summed E-state index contributed by atoms with van der Waals surface area (Å²) >= 11 is 1.82. The van der Waals surface area contributed by atoms with Gasteiger partial charge in [0.05, 0.1) is 6.61 Å². The highest BCUT2D eigenvalue weighted by atomic mass is 32.1. The lowest BCUT2D eigenvalue weighted by molar-refractivity contribution is 0.0519. The minimum absolute atomic E-state index is 0.354. The zero-order valence-electron chi connectivity index (χ0n) is 11.7. The van der Waals surface area contributed by atoms with E-state index in [2.05, 4.69) is 17.1 Å². The van der Waals surface area contributed by atoms with Crippen LogP contribution in [0, 0.1) is 6.92 Å². The van der Waals surface area contributed by atoms with Crippen molar-refractivity contribution in [3.63, 3.8) is 0 Å². The molecule has 0 spiro atoms. The van der Waals surface area contributed by atoms with E-state index in [1.807, 2.05) is 24.3 Å². The second-order valence-corrected chi connectivity index (χ2v) is 6.20. The van der Waals surface area contributed by atoms with Crippen molar-refractivity contribution in [2.75, 3.05) is 6.61 Å². The zero-order valence-corrected chi connectivity index (χ0v) is 12.5. The molecular weight excluding hydrogens is 270 g/mol. The molecule has 0 aliphatic heterocycles. The minimum atomic E-state index is -0.354. The third-order valence-electron chi connectivity index (χ3n) is 3.46. The Balaban J connectivity index is 1.94. The normalized spacial score (nSPS) is 14.3. The number of hydrogen-bond donors (Lipinski definition) is 0. The topological polar surface area (TPSA) is 39.2 Å². The average Bonchev–Trinajstić information content (AvgIpc) is 3.18. The number of rotatable bonds is 4. The fraction of sp³-hybridized carbons (Fsp3) is 0.375. The molecule has 1 saturated carbocycles. The second kappa shape index (κ2) is 5.37. The van der Waals surface area contributed by atoms with Crippen LogP contribution in [0.2, 0.25) is 0 Å². The van der Waals surface area contributed by atoms with Gasteiger partial charge in [0.2, 0.25) is 0 Å². The molecule has 0 N–H and O–H groups in total. The fourth-order valence-corrected chi connectivity index (χ4v) is 3.45. The highest BCUT2D eigenvalue weighted by molar-refractivity contribution is 7.15. The lowest BCUT2D eigenvalue weighted by Crippen LogP contribution is -2.07. The van der Waals surface area contributed by atoms with Gasteiger partial charge in [-0.3, -0.25) is 0 Å². The summed E-state index contributed by atoms with van der Waals surface area (Å²) in [5, 5.41) is 0. The third kappa shape index (κ3) is 2.61. The Kier molecular flexibility index (Phi) is 3.57. The van der Waals surface area contributed by atoms with Gasteiger partial charge in [0, 0.05) is 16.0 Å². The van der Waals surface area contributed by atoms with Gasteiger partial charge in [-0.1, -0.05) is 0 Å². The van der Waals surface area contributed by atoms with Crippen molar-refractivity contribution < 1.29 is 9.53 Å². The maximum Gasteiger partial charge on any atom is 0.356 e. The van der Waals surface area contributed by atoms with E-state index in [9.17, 15) is 4.79 Å². The third-order valence-corrected chi connectivity index (χ3v) is 4.74. The summed E-state index contributed by atoms with van der Waals surface area (Å²) < 4.78 is 5.01. The number of carbonyl (C=O) groups is 1. The smallest absolute Gasteiger partial charge is 0.356 e. The first-order valence-electron chi connectivity index (χ1n) is 6.93. The molecule has 3 nitrogen and oxygen atoms in total. The number of hydrogen-bond acceptors (Lipinski definition) is 4. The van der Waals surface area contributed by atoms with Crippen LogP contribution in [-0.4, -0.2) is 17.6 Å². The van der Waals surface area contributed by atoms with E-state index in [0.717, 1.165) is 17.0 Å². The Morgan fingerprint density at radius 2 is 2.25 bits per heavy atom. The standard InChI is InChI=1S/C16H17NO2S/c1-3-19-16(18)13-8-12(10(2)9-17-13)15-7-6-14(20-15)11-4-5-11/h6-9,11H,3-5H2,1-2H3. The Bertz CT molecular complexity index is 644. The van der Waals surface area contributed by atoms with Crippen molar-refractivity contribution in [1.82, 2.24) is 4.98 Å². The first-order valence-corrected chi connectivity index (χ1v) is 7.74. The molecule has 2 aromatic rings. The molecule has 0 saturated heterocycles. The molecule has 0 atom stereocenters. The summed E-state index contributed by atoms with van der Waals surface area (Å²) in [5.74, 6) is 0.410. The molecule has 3 rings (SSSR count). The molecule has 4 heteroatoms. The Morgan fingerprint density at radius 1 is 1.45 bits per heavy atom. The molecule has 1 fully saturated rings. The first kappa shape index (κ1) is 13.3. The first-order chi connectivity index (χ1) is 9.69. The van der Waals surface area contributed by atoms with Crippen molar-refractivity contribution in [2.24, 2.45) is 0 Å². The van der Waals surface area contributed by atoms with Gasteiger partial charge >= 0.3 is 5.97 Å². The molecule has 0 bridgehead atoms. The van der Waals surface area contributed by atoms with Crippen LogP contribution in [0.15, 0.2) is 24.4 Å². The molecule has 2 aromatic heterocycles. The number of thiophene rings is 1. The van der Waals surface area contributed by atoms with Gasteiger partial charge in [-0.15, -0.1) is 11.3 Å². The van der Waals surface area contributed by atoms with Crippen molar-refractivity contribution in [3.05, 3.63) is 40.5 Å². The molecule has 1 aliphatic carbocycles. The maximum absolute atomic E-state index is 11.8. The monoisotopic (exact) mass is 287 g/mol. The van der Waals surface area contributed by atoms with E-state index in [-0.39, 0.29) is 5.97 Å². The molecule has 1 aliphatic rings. The molecule has 104 valence electrons. The molecule has 0 unspecified atom stereocenters. The van der Waals surface area contributed by atoms with E-state index in [4.69, 9.17) is 4.74 Å². The van der Waals surface area contributed by atoms with E-state index in [1.165, 1.54) is 22.6 Å². The van der Waals surface area contributed by atoms with Crippen LogP contribution in [0.3, 0.4) is 0 Å². The summed E-state index contributed by atoms with van der Waals surface area (Å²) in [7, 11) is 0. The van der Waals surface area contributed by atoms with Crippen LogP contribution in [0.25, 0.3) is 10.4 Å². The van der Waals surface area contributed by atoms with Crippen molar-refractivity contribution in [1.29, 1.82) is 0 Å². The van der Waals surface area contributed by atoms with Crippen LogP contribution in [-0.2, 0) is 4.74 Å². The number of aryl methyl sites for hydroxylation is 1. The Hall–Kier alpha value is -1.68. The maximum atomic E-state index is 11.8. The molecule has 2 heterocycles. The summed E-state index contributed by atoms with van der Waals surface area (Å²) in [5.41, 5.74) is 2.55. The fourth-order valence-electron chi connectivity index (χ4n) is 2.19. The molecule has 0 aromatic carbocycles. The zero-order chi connectivity index (χ0) is 14.1. The van der Waals surface area contributed by atoms with Crippen LogP contribution < -0.4 is 0 Å². The van der Waals surface area contributed by atoms with Gasteiger partial charge in [0.25, 0.3) is 0 Å². The highest BCUT2D eigenvalue weighted by Gasteiger charge is 2.25. The second-order valence-electron chi connectivity index (χ2n) is 5.08. The van der Waals surface area contributed by atoms with Crippen LogP contribution in [0.4, 0.5) is 0 Å². The van der Waals surface area contributed by atoms with E-state index >= 15 is 0 Å². The molecule has 0 radical (unpaired) electrons. The van der Waals surface area contributed by atoms with Gasteiger partial charge in [-0.25, -0.2) is 9.78 Å². The molecule has 20 heavy (non-hydrogen) atoms. The van der Waals surface area contributed by atoms with Crippen LogP contribution in [0.1, 0.15) is 46.6 Å². The molecular formula is C16H17NO2S. The number of pyridine rings is 1. The number of carbonyl (C=O) groups excluding carboxylic acids is 1. The summed E-state index contributed by atoms with van der Waals surface area (Å²) in [6.45, 7) is 4.19. The van der Waals surface area contributed by atoms with Gasteiger partial charge in [0.1, 0.15) is 5.69 Å². The number of aromatic nitrogens is 1. The molecule has 0 amide bonds. The summed E-state index contributed by atoms with van der Waals surface area (Å²) in [4.78, 5) is 18.6. The predicted molar refractivity (Wildman–Crippen MR) is 80.2 cm³/mol. The highest BCUT2D eigenvalue weighted by Crippen LogP contribution is 2.45. The lowest BCUT2D eigenvalue weighted by atomic mass is 10.1. The van der Waals surface area contributed by atoms with Gasteiger partial charge < -0.3 is 4.74 Å². The van der Waals surface area contributed by atoms with Crippen molar-refractivity contribution in [2.45, 2.75) is 32.6 Å². The van der Waals surface area contributed by atoms with Crippen molar-refractivity contribution >= 4 is 17.3 Å². The van der Waals surface area contributed by atoms with E-state index in [1.54, 1.807) is 13.1 Å². The predicted octanol–water partition coefficient (Wildman–Crippen LogP) is 4.17. The SMILES string of the molecule is CCOC(=O)c1cc(-c2ccc(C3CC3)s2)c(C)cn1. The van der Waals surface area contributed by atoms with Gasteiger partial charge in [-0.05, 0) is 61.9 Å². The Morgan fingerprint density at radius 3 is 2.95 bits per heavy atom. The van der Waals surface area contributed by atoms with Crippen LogP contribution >= 0.6 is 11.3 Å². The van der Waals surface area contributed by atoms with Gasteiger partial charge in [-0.2, -0.15) is 0 Å². The minimum Gasteiger partial charge on any atom is -0.461 e. The summed E-state index contributed by atoms with van der Waals surface area (Å²) in [6.07, 6.45) is 4.37. The number of nitrogens with zero attached hydrogens (tertiary/aromatic N) is 1. The van der Waals surface area contributed by atoms with Crippen molar-refractivity contribution in [3.8, 4) is 10.4 Å². The average molecular weight is 287 g/mol. The lowest BCUT2D eigenvalue weighted by Gasteiger charge is -2.06. The largest absolute Gasteiger partial charge is 0.461 e. The quantitative estimate of drug-likeness (QED) is 0.792. The van der Waals surface area contributed by atoms with E-state index in [0.29, 0.717) is 12.3 Å². The Labute approximate surface area is 122 Å². The number of ether oxygens (including phenoxy) is 1. The van der Waals surface area contributed by atoms with Gasteiger partial charge in [0.15, 0.2) is 0 Å². The summed E-state index contributed by atoms with van der Waals surface area (Å²) in [6, 6.07) is 6.20. The number of esters is 1. The van der Waals surface area contributed by atoms with Crippen LogP contribution in [0.5, 0.6) is 0 Å². The van der Waals surface area contributed by atoms with E-state index < -0.39 is 0 Å².